The molecule has 0 unspecified atom stereocenters. The summed E-state index contributed by atoms with van der Waals surface area (Å²) in [4.78, 5) is 23.9. The number of carbonyl (C=O) groups excluding carboxylic acids is 1. The van der Waals surface area contributed by atoms with Crippen molar-refractivity contribution in [3.05, 3.63) is 27.2 Å². The molecule has 104 valence electrons. The number of rotatable bonds is 2. The van der Waals surface area contributed by atoms with Gasteiger partial charge in [-0.1, -0.05) is 12.8 Å². The van der Waals surface area contributed by atoms with Crippen LogP contribution in [0.25, 0.3) is 0 Å². The van der Waals surface area contributed by atoms with Crippen LogP contribution in [0.4, 0.5) is 0 Å². The molecule has 1 amide bonds. The van der Waals surface area contributed by atoms with E-state index in [1.165, 1.54) is 0 Å². The number of aromatic nitrogens is 2. The van der Waals surface area contributed by atoms with Gasteiger partial charge in [0.15, 0.2) is 0 Å². The lowest BCUT2D eigenvalue weighted by Crippen LogP contribution is -2.46. The van der Waals surface area contributed by atoms with Crippen molar-refractivity contribution in [2.45, 2.75) is 51.7 Å². The van der Waals surface area contributed by atoms with Crippen LogP contribution in [0.3, 0.4) is 0 Å². The fraction of sp³-hybridized carbons (Fsp3) is 0.615. The van der Waals surface area contributed by atoms with Gasteiger partial charge in [0.05, 0.1) is 17.8 Å². The lowest BCUT2D eigenvalue weighted by molar-refractivity contribution is 0.0715. The summed E-state index contributed by atoms with van der Waals surface area (Å²) in [5, 5.41) is 18.7. The highest BCUT2D eigenvalue weighted by Gasteiger charge is 2.26. The maximum atomic E-state index is 12.2. The Labute approximate surface area is 111 Å². The topological polar surface area (TPSA) is 95.1 Å². The Morgan fingerprint density at radius 3 is 2.74 bits per heavy atom. The van der Waals surface area contributed by atoms with E-state index in [2.05, 4.69) is 15.5 Å². The van der Waals surface area contributed by atoms with E-state index in [1.807, 2.05) is 0 Å². The molecule has 1 aromatic rings. The number of aromatic amines is 1. The van der Waals surface area contributed by atoms with Gasteiger partial charge in [0.25, 0.3) is 11.5 Å². The fourth-order valence-electron chi connectivity index (χ4n) is 2.42. The summed E-state index contributed by atoms with van der Waals surface area (Å²) >= 11 is 0. The predicted molar refractivity (Wildman–Crippen MR) is 70.1 cm³/mol. The monoisotopic (exact) mass is 265 g/mol. The van der Waals surface area contributed by atoms with E-state index in [0.29, 0.717) is 17.7 Å². The van der Waals surface area contributed by atoms with Gasteiger partial charge in [0, 0.05) is 0 Å². The number of carbonyl (C=O) groups is 1. The fourth-order valence-corrected chi connectivity index (χ4v) is 2.42. The summed E-state index contributed by atoms with van der Waals surface area (Å²) in [5.41, 5.74) is 0.789. The number of hydrogen-bond donors (Lipinski definition) is 3. The molecule has 6 heteroatoms. The van der Waals surface area contributed by atoms with E-state index in [4.69, 9.17) is 0 Å². The van der Waals surface area contributed by atoms with Gasteiger partial charge in [-0.3, -0.25) is 9.59 Å². The average Bonchev–Trinajstić information content (AvgIpc) is 2.37. The van der Waals surface area contributed by atoms with Crippen molar-refractivity contribution >= 4 is 5.91 Å². The molecule has 0 radical (unpaired) electrons. The molecule has 0 aromatic carbocycles. The number of amides is 1. The highest BCUT2D eigenvalue weighted by molar-refractivity contribution is 5.95. The highest BCUT2D eigenvalue weighted by Crippen LogP contribution is 2.18. The molecule has 0 spiro atoms. The zero-order chi connectivity index (χ0) is 14.0. The summed E-state index contributed by atoms with van der Waals surface area (Å²) < 4.78 is 0. The Balaban J connectivity index is 2.21. The molecule has 3 N–H and O–H groups in total. The van der Waals surface area contributed by atoms with Gasteiger partial charge in [-0.2, -0.15) is 5.10 Å². The molecule has 2 atom stereocenters. The smallest absolute Gasteiger partial charge is 0.277 e. The van der Waals surface area contributed by atoms with Gasteiger partial charge < -0.3 is 10.4 Å². The molecular formula is C13H19N3O3. The third-order valence-corrected chi connectivity index (χ3v) is 3.74. The molecule has 0 saturated heterocycles. The van der Waals surface area contributed by atoms with Crippen LogP contribution in [0.2, 0.25) is 0 Å². The van der Waals surface area contributed by atoms with Gasteiger partial charge in [-0.15, -0.1) is 0 Å². The van der Waals surface area contributed by atoms with Crippen LogP contribution < -0.4 is 10.9 Å². The lowest BCUT2D eigenvalue weighted by atomic mass is 9.92. The van der Waals surface area contributed by atoms with Crippen molar-refractivity contribution in [1.29, 1.82) is 0 Å². The zero-order valence-electron chi connectivity index (χ0n) is 11.2. The normalized spacial score (nSPS) is 23.1. The minimum atomic E-state index is -0.528. The Hall–Kier alpha value is -1.69. The van der Waals surface area contributed by atoms with E-state index in [-0.39, 0.29) is 11.6 Å². The Kier molecular flexibility index (Phi) is 3.99. The number of aryl methyl sites for hydroxylation is 1. The van der Waals surface area contributed by atoms with Crippen molar-refractivity contribution in [2.75, 3.05) is 0 Å². The summed E-state index contributed by atoms with van der Waals surface area (Å²) in [6.45, 7) is 3.43. The Morgan fingerprint density at radius 1 is 1.37 bits per heavy atom. The maximum Gasteiger partial charge on any atom is 0.277 e. The molecule has 6 nitrogen and oxygen atoms in total. The van der Waals surface area contributed by atoms with Gasteiger partial charge in [0.1, 0.15) is 5.56 Å². The minimum Gasteiger partial charge on any atom is -0.391 e. The Morgan fingerprint density at radius 2 is 2.05 bits per heavy atom. The summed E-state index contributed by atoms with van der Waals surface area (Å²) in [7, 11) is 0. The van der Waals surface area contributed by atoms with Crippen LogP contribution in [0.15, 0.2) is 4.79 Å². The van der Waals surface area contributed by atoms with Crippen LogP contribution >= 0.6 is 0 Å². The molecule has 0 bridgehead atoms. The van der Waals surface area contributed by atoms with Crippen molar-refractivity contribution in [3.8, 4) is 0 Å². The molecule has 1 aliphatic rings. The van der Waals surface area contributed by atoms with Crippen LogP contribution in [0.1, 0.15) is 47.3 Å². The van der Waals surface area contributed by atoms with Gasteiger partial charge in [-0.05, 0) is 32.3 Å². The number of aliphatic hydroxyl groups is 1. The lowest BCUT2D eigenvalue weighted by Gasteiger charge is -2.28. The molecule has 1 saturated carbocycles. The van der Waals surface area contributed by atoms with E-state index in [0.717, 1.165) is 19.3 Å². The van der Waals surface area contributed by atoms with Gasteiger partial charge in [-0.25, -0.2) is 5.10 Å². The number of aliphatic hydroxyl groups excluding tert-OH is 1. The molecule has 1 aromatic heterocycles. The average molecular weight is 265 g/mol. The molecule has 1 aliphatic carbocycles. The second kappa shape index (κ2) is 5.52. The van der Waals surface area contributed by atoms with Gasteiger partial charge in [0.2, 0.25) is 0 Å². The molecule has 2 rings (SSSR count). The number of nitrogens with one attached hydrogen (secondary N) is 2. The summed E-state index contributed by atoms with van der Waals surface area (Å²) in [5.74, 6) is -0.435. The van der Waals surface area contributed by atoms with Crippen LogP contribution in [-0.4, -0.2) is 33.4 Å². The first-order valence-electron chi connectivity index (χ1n) is 6.55. The zero-order valence-corrected chi connectivity index (χ0v) is 11.2. The van der Waals surface area contributed by atoms with E-state index < -0.39 is 17.6 Å². The SMILES string of the molecule is Cc1n[nH]c(=O)c(C(=O)N[C@H]2CCCC[C@@H]2O)c1C. The van der Waals surface area contributed by atoms with E-state index in [9.17, 15) is 14.7 Å². The number of nitrogens with zero attached hydrogens (tertiary/aromatic N) is 1. The second-order valence-corrected chi connectivity index (χ2v) is 5.07. The van der Waals surface area contributed by atoms with Crippen molar-refractivity contribution in [3.63, 3.8) is 0 Å². The maximum absolute atomic E-state index is 12.2. The molecule has 1 fully saturated rings. The quantitative estimate of drug-likeness (QED) is 0.722. The van der Waals surface area contributed by atoms with E-state index >= 15 is 0 Å². The first-order valence-corrected chi connectivity index (χ1v) is 6.55. The first kappa shape index (κ1) is 13.7. The third-order valence-electron chi connectivity index (χ3n) is 3.74. The standard InChI is InChI=1S/C13H19N3O3/c1-7-8(2)15-16-13(19)11(7)12(18)14-9-5-3-4-6-10(9)17/h9-10,17H,3-6H2,1-2H3,(H,14,18)(H,16,19)/t9-,10-/m0/s1. The first-order chi connectivity index (χ1) is 9.00. The number of H-pyrrole nitrogens is 1. The highest BCUT2D eigenvalue weighted by atomic mass is 16.3. The summed E-state index contributed by atoms with van der Waals surface area (Å²) in [6.07, 6.45) is 2.86. The van der Waals surface area contributed by atoms with Crippen LogP contribution in [-0.2, 0) is 0 Å². The Bertz CT molecular complexity index is 538. The van der Waals surface area contributed by atoms with Crippen LogP contribution in [0, 0.1) is 13.8 Å². The van der Waals surface area contributed by atoms with Gasteiger partial charge >= 0.3 is 0 Å². The van der Waals surface area contributed by atoms with Crippen molar-refractivity contribution in [1.82, 2.24) is 15.5 Å². The molecule has 1 heterocycles. The van der Waals surface area contributed by atoms with Crippen LogP contribution in [0.5, 0.6) is 0 Å². The third kappa shape index (κ3) is 2.84. The number of hydrogen-bond acceptors (Lipinski definition) is 4. The predicted octanol–water partition coefficient (Wildman–Crippen LogP) is 0.420. The molecular weight excluding hydrogens is 246 g/mol. The summed E-state index contributed by atoms with van der Waals surface area (Å²) in [6, 6.07) is -0.270. The van der Waals surface area contributed by atoms with Crippen molar-refractivity contribution in [2.24, 2.45) is 0 Å². The second-order valence-electron chi connectivity index (χ2n) is 5.07. The van der Waals surface area contributed by atoms with Crippen molar-refractivity contribution < 1.29 is 9.90 Å². The van der Waals surface area contributed by atoms with E-state index in [1.54, 1.807) is 13.8 Å². The molecule has 19 heavy (non-hydrogen) atoms. The molecule has 0 aliphatic heterocycles. The minimum absolute atomic E-state index is 0.0882. The largest absolute Gasteiger partial charge is 0.391 e.